The Morgan fingerprint density at radius 1 is 1.44 bits per heavy atom. The van der Waals surface area contributed by atoms with Crippen LogP contribution in [0, 0.1) is 17.7 Å². The van der Waals surface area contributed by atoms with E-state index in [1.807, 2.05) is 0 Å². The number of halogens is 2. The maximum Gasteiger partial charge on any atom is 0.311 e. The van der Waals surface area contributed by atoms with E-state index in [1.54, 1.807) is 19.9 Å². The first-order valence-corrected chi connectivity index (χ1v) is 6.38. The molecule has 0 saturated heterocycles. The monoisotopic (exact) mass is 318 g/mol. The van der Waals surface area contributed by atoms with Crippen LogP contribution in [-0.4, -0.2) is 18.2 Å². The van der Waals surface area contributed by atoms with Gasteiger partial charge in [0, 0.05) is 10.0 Å². The van der Waals surface area contributed by atoms with Gasteiger partial charge in [0.15, 0.2) is 0 Å². The van der Waals surface area contributed by atoms with Gasteiger partial charge in [-0.2, -0.15) is 0 Å². The van der Waals surface area contributed by atoms with Gasteiger partial charge in [-0.05, 0) is 18.1 Å². The van der Waals surface area contributed by atoms with E-state index >= 15 is 0 Å². The summed E-state index contributed by atoms with van der Waals surface area (Å²) in [5.41, 5.74) is 0.0994. The molecule has 0 aromatic heterocycles. The summed E-state index contributed by atoms with van der Waals surface area (Å²) in [5.74, 6) is -2.03. The maximum absolute atomic E-state index is 13.7. The van der Waals surface area contributed by atoms with Gasteiger partial charge in [0.2, 0.25) is 0 Å². The second-order valence-corrected chi connectivity index (χ2v) is 5.32. The van der Waals surface area contributed by atoms with E-state index in [1.165, 1.54) is 19.2 Å². The lowest BCUT2D eigenvalue weighted by atomic mass is 9.86. The van der Waals surface area contributed by atoms with Gasteiger partial charge in [-0.25, -0.2) is 4.39 Å². The number of methoxy groups -OCH3 is 1. The zero-order chi connectivity index (χ0) is 13.9. The van der Waals surface area contributed by atoms with Gasteiger partial charge in [0.25, 0.3) is 0 Å². The Balaban J connectivity index is 3.09. The molecule has 0 spiro atoms. The predicted molar refractivity (Wildman–Crippen MR) is 69.4 cm³/mol. The van der Waals surface area contributed by atoms with Gasteiger partial charge in [-0.15, -0.1) is 0 Å². The number of carbonyl (C=O) groups is 1. The average molecular weight is 319 g/mol. The fourth-order valence-corrected chi connectivity index (χ4v) is 2.17. The number of carbonyl (C=O) groups excluding carboxylic acids is 1. The summed E-state index contributed by atoms with van der Waals surface area (Å²) in [6.45, 7) is 3.56. The van der Waals surface area contributed by atoms with E-state index in [2.05, 4.69) is 20.7 Å². The van der Waals surface area contributed by atoms with Crippen LogP contribution in [0.25, 0.3) is 0 Å². The highest BCUT2D eigenvalue weighted by atomic mass is 79.9. The molecular weight excluding hydrogens is 303 g/mol. The number of rotatable bonds is 4. The van der Waals surface area contributed by atoms with E-state index in [0.717, 1.165) is 0 Å². The van der Waals surface area contributed by atoms with Crippen LogP contribution in [0.1, 0.15) is 25.5 Å². The van der Waals surface area contributed by atoms with Crippen molar-refractivity contribution in [2.75, 3.05) is 7.11 Å². The number of hydrogen-bond acceptors (Lipinski definition) is 3. The van der Waals surface area contributed by atoms with E-state index < -0.39 is 23.8 Å². The van der Waals surface area contributed by atoms with Crippen molar-refractivity contribution in [1.82, 2.24) is 0 Å². The summed E-state index contributed by atoms with van der Waals surface area (Å²) >= 11 is 3.14. The molecule has 0 aliphatic rings. The molecule has 0 aliphatic heterocycles. The van der Waals surface area contributed by atoms with Crippen LogP contribution < -0.4 is 0 Å². The molecule has 1 rings (SSSR count). The molecule has 0 aliphatic carbocycles. The number of ether oxygens (including phenoxy) is 1. The molecule has 5 heteroatoms. The minimum Gasteiger partial charge on any atom is -0.469 e. The van der Waals surface area contributed by atoms with Crippen molar-refractivity contribution in [2.45, 2.75) is 20.0 Å². The zero-order valence-electron chi connectivity index (χ0n) is 10.5. The molecule has 100 valence electrons. The molecule has 1 aromatic carbocycles. The van der Waals surface area contributed by atoms with Crippen molar-refractivity contribution >= 4 is 21.9 Å². The van der Waals surface area contributed by atoms with Crippen molar-refractivity contribution in [3.63, 3.8) is 0 Å². The topological polar surface area (TPSA) is 46.5 Å². The Hall–Kier alpha value is -0.940. The molecule has 0 fully saturated rings. The van der Waals surface area contributed by atoms with Crippen molar-refractivity contribution in [3.8, 4) is 0 Å². The highest BCUT2D eigenvalue weighted by Gasteiger charge is 2.33. The van der Waals surface area contributed by atoms with Crippen LogP contribution in [0.15, 0.2) is 22.7 Å². The van der Waals surface area contributed by atoms with Crippen molar-refractivity contribution < 1.29 is 19.0 Å². The first-order valence-electron chi connectivity index (χ1n) is 5.59. The zero-order valence-corrected chi connectivity index (χ0v) is 12.1. The van der Waals surface area contributed by atoms with Crippen LogP contribution >= 0.6 is 15.9 Å². The van der Waals surface area contributed by atoms with Gasteiger partial charge >= 0.3 is 5.97 Å². The van der Waals surface area contributed by atoms with Crippen molar-refractivity contribution in [2.24, 2.45) is 11.8 Å². The second kappa shape index (κ2) is 6.29. The smallest absolute Gasteiger partial charge is 0.311 e. The lowest BCUT2D eigenvalue weighted by Gasteiger charge is -2.24. The van der Waals surface area contributed by atoms with Gasteiger partial charge < -0.3 is 9.84 Å². The fourth-order valence-electron chi connectivity index (χ4n) is 1.84. The Morgan fingerprint density at radius 2 is 2.06 bits per heavy atom. The summed E-state index contributed by atoms with van der Waals surface area (Å²) in [5, 5.41) is 10.2. The number of aliphatic hydroxyl groups excluding tert-OH is 1. The largest absolute Gasteiger partial charge is 0.469 e. The Kier molecular flexibility index (Phi) is 5.28. The lowest BCUT2D eigenvalue weighted by Crippen LogP contribution is -2.28. The summed E-state index contributed by atoms with van der Waals surface area (Å²) < 4.78 is 19.0. The lowest BCUT2D eigenvalue weighted by molar-refractivity contribution is -0.152. The second-order valence-electron chi connectivity index (χ2n) is 4.40. The van der Waals surface area contributed by atoms with Crippen LogP contribution in [0.5, 0.6) is 0 Å². The molecule has 2 unspecified atom stereocenters. The first kappa shape index (κ1) is 15.1. The van der Waals surface area contributed by atoms with Gasteiger partial charge in [0.05, 0.1) is 19.1 Å². The third-order valence-corrected chi connectivity index (χ3v) is 3.31. The van der Waals surface area contributed by atoms with E-state index in [4.69, 9.17) is 0 Å². The van der Waals surface area contributed by atoms with Crippen molar-refractivity contribution in [1.29, 1.82) is 0 Å². The molecule has 0 radical (unpaired) electrons. The number of aliphatic hydroxyl groups is 1. The third kappa shape index (κ3) is 3.29. The molecule has 1 aromatic rings. The van der Waals surface area contributed by atoms with Gasteiger partial charge in [-0.3, -0.25) is 4.79 Å². The summed E-state index contributed by atoms with van der Waals surface area (Å²) in [4.78, 5) is 11.6. The summed E-state index contributed by atoms with van der Waals surface area (Å²) in [6.07, 6.45) is -1.22. The molecular formula is C13H16BrFO3. The normalized spacial score (nSPS) is 14.4. The van der Waals surface area contributed by atoms with Crippen LogP contribution in [-0.2, 0) is 9.53 Å². The van der Waals surface area contributed by atoms with Crippen LogP contribution in [0.4, 0.5) is 4.39 Å². The van der Waals surface area contributed by atoms with Gasteiger partial charge in [-0.1, -0.05) is 35.8 Å². The molecule has 3 nitrogen and oxygen atoms in total. The fraction of sp³-hybridized carbons (Fsp3) is 0.462. The number of benzene rings is 1. The SMILES string of the molecule is COC(=O)C(C(C)C)C(O)c1ccc(Br)cc1F. The highest BCUT2D eigenvalue weighted by molar-refractivity contribution is 9.10. The highest BCUT2D eigenvalue weighted by Crippen LogP contribution is 2.31. The maximum atomic E-state index is 13.7. The summed E-state index contributed by atoms with van der Waals surface area (Å²) in [6, 6.07) is 4.34. The van der Waals surface area contributed by atoms with E-state index in [0.29, 0.717) is 4.47 Å². The number of hydrogen-bond donors (Lipinski definition) is 1. The quantitative estimate of drug-likeness (QED) is 0.868. The van der Waals surface area contributed by atoms with Crippen molar-refractivity contribution in [3.05, 3.63) is 34.1 Å². The number of esters is 1. The molecule has 0 saturated carbocycles. The first-order chi connectivity index (χ1) is 8.38. The molecule has 0 amide bonds. The third-order valence-electron chi connectivity index (χ3n) is 2.81. The molecule has 0 bridgehead atoms. The average Bonchev–Trinajstić information content (AvgIpc) is 2.28. The Bertz CT molecular complexity index is 434. The predicted octanol–water partition coefficient (Wildman–Crippen LogP) is 3.07. The Labute approximate surface area is 114 Å². The van der Waals surface area contributed by atoms with Crippen LogP contribution in [0.3, 0.4) is 0 Å². The molecule has 0 heterocycles. The molecule has 1 N–H and O–H groups in total. The van der Waals surface area contributed by atoms with E-state index in [9.17, 15) is 14.3 Å². The van der Waals surface area contributed by atoms with Crippen LogP contribution in [0.2, 0.25) is 0 Å². The van der Waals surface area contributed by atoms with E-state index in [-0.39, 0.29) is 11.5 Å². The minimum absolute atomic E-state index is 0.0994. The summed E-state index contributed by atoms with van der Waals surface area (Å²) in [7, 11) is 1.25. The minimum atomic E-state index is -1.22. The molecule has 2 atom stereocenters. The standard InChI is InChI=1S/C13H16BrFO3/c1-7(2)11(13(17)18-3)12(16)9-5-4-8(14)6-10(9)15/h4-7,11-12,16H,1-3H3. The Morgan fingerprint density at radius 3 is 2.50 bits per heavy atom. The van der Waals surface area contributed by atoms with Gasteiger partial charge in [0.1, 0.15) is 5.82 Å². The molecule has 18 heavy (non-hydrogen) atoms.